The molecule has 3 N–H and O–H groups in total. The molecule has 7 heteroatoms. The number of nitrogens with zero attached hydrogens (tertiary/aromatic N) is 4. The fourth-order valence-electron chi connectivity index (χ4n) is 1.97. The predicted molar refractivity (Wildman–Crippen MR) is 70.2 cm³/mol. The number of nitrogen functional groups attached to an aromatic ring is 1. The molecule has 2 aromatic heterocycles. The second-order valence-corrected chi connectivity index (χ2v) is 4.29. The maximum Gasteiger partial charge on any atom is 0.239 e. The molecule has 0 aliphatic heterocycles. The van der Waals surface area contributed by atoms with Gasteiger partial charge in [0.05, 0.1) is 11.0 Å². The molecule has 18 heavy (non-hydrogen) atoms. The van der Waals surface area contributed by atoms with Crippen LogP contribution in [-0.4, -0.2) is 24.7 Å². The van der Waals surface area contributed by atoms with Gasteiger partial charge in [-0.05, 0) is 25.1 Å². The van der Waals surface area contributed by atoms with Crippen LogP contribution < -0.4 is 5.73 Å². The van der Waals surface area contributed by atoms with Crippen molar-refractivity contribution in [2.75, 3.05) is 5.73 Å². The Labute approximate surface area is 108 Å². The van der Waals surface area contributed by atoms with Gasteiger partial charge in [0.1, 0.15) is 0 Å². The number of rotatable bonds is 2. The minimum atomic E-state index is 0.206. The monoisotopic (exact) mass is 262 g/mol. The summed E-state index contributed by atoms with van der Waals surface area (Å²) in [7, 11) is 0. The summed E-state index contributed by atoms with van der Waals surface area (Å²) in [4.78, 5) is 8.63. The summed E-state index contributed by atoms with van der Waals surface area (Å²) in [6.45, 7) is 2.79. The third-order valence-corrected chi connectivity index (χ3v) is 2.98. The first-order chi connectivity index (χ1) is 8.69. The Morgan fingerprint density at radius 3 is 2.89 bits per heavy atom. The summed E-state index contributed by atoms with van der Waals surface area (Å²) in [5, 5.41) is 7.27. The van der Waals surface area contributed by atoms with E-state index in [4.69, 9.17) is 17.3 Å². The van der Waals surface area contributed by atoms with Crippen molar-refractivity contribution in [1.82, 2.24) is 24.7 Å². The zero-order valence-corrected chi connectivity index (χ0v) is 10.4. The summed E-state index contributed by atoms with van der Waals surface area (Å²) in [6, 6.07) is 5.58. The van der Waals surface area contributed by atoms with E-state index in [0.29, 0.717) is 16.7 Å². The summed E-state index contributed by atoms with van der Waals surface area (Å²) in [5.41, 5.74) is 7.35. The molecule has 0 aliphatic rings. The average molecular weight is 263 g/mol. The summed E-state index contributed by atoms with van der Waals surface area (Å²) < 4.78 is 2.02. The van der Waals surface area contributed by atoms with Crippen molar-refractivity contribution in [3.05, 3.63) is 23.2 Å². The van der Waals surface area contributed by atoms with E-state index in [-0.39, 0.29) is 5.95 Å². The number of imidazole rings is 1. The smallest absolute Gasteiger partial charge is 0.239 e. The molecule has 3 rings (SSSR count). The Balaban J connectivity index is 2.29. The van der Waals surface area contributed by atoms with Gasteiger partial charge < -0.3 is 10.3 Å². The third kappa shape index (κ3) is 1.62. The van der Waals surface area contributed by atoms with Crippen LogP contribution in [-0.2, 0) is 6.54 Å². The largest absolute Gasteiger partial charge is 0.366 e. The minimum Gasteiger partial charge on any atom is -0.366 e. The average Bonchev–Trinajstić information content (AvgIpc) is 2.91. The fourth-order valence-corrected chi connectivity index (χ4v) is 2.14. The first-order valence-electron chi connectivity index (χ1n) is 5.53. The molecule has 92 valence electrons. The van der Waals surface area contributed by atoms with Crippen molar-refractivity contribution in [2.45, 2.75) is 13.5 Å². The molecule has 1 aromatic carbocycles. The quantitative estimate of drug-likeness (QED) is 0.740. The maximum atomic E-state index is 6.01. The number of aryl methyl sites for hydroxylation is 1. The van der Waals surface area contributed by atoms with Gasteiger partial charge in [-0.2, -0.15) is 4.98 Å². The Bertz CT molecular complexity index is 713. The summed E-state index contributed by atoms with van der Waals surface area (Å²) in [6.07, 6.45) is 0. The molecule has 0 aliphatic carbocycles. The standard InChI is InChI=1S/C11H11ClN6/c1-2-18-8-5-6(12)3-4-7(8)14-10(18)9-15-11(13)17-16-9/h3-5H,2H2,1H3,(H3,13,15,16,17). The normalized spacial score (nSPS) is 11.2. The second-order valence-electron chi connectivity index (χ2n) is 3.85. The number of halogens is 1. The lowest BCUT2D eigenvalue weighted by molar-refractivity contribution is 0.789. The van der Waals surface area contributed by atoms with E-state index in [1.54, 1.807) is 0 Å². The van der Waals surface area contributed by atoms with Gasteiger partial charge in [0, 0.05) is 11.6 Å². The highest BCUT2D eigenvalue weighted by Crippen LogP contribution is 2.25. The number of anilines is 1. The molecule has 0 spiro atoms. The van der Waals surface area contributed by atoms with Crippen LogP contribution in [0.25, 0.3) is 22.7 Å². The van der Waals surface area contributed by atoms with Crippen LogP contribution in [0.5, 0.6) is 0 Å². The van der Waals surface area contributed by atoms with Crippen LogP contribution in [0, 0.1) is 0 Å². The van der Waals surface area contributed by atoms with Gasteiger partial charge in [-0.25, -0.2) is 4.98 Å². The van der Waals surface area contributed by atoms with Gasteiger partial charge in [-0.1, -0.05) is 11.6 Å². The highest BCUT2D eigenvalue weighted by molar-refractivity contribution is 6.31. The first kappa shape index (κ1) is 11.0. The number of fused-ring (bicyclic) bond motifs is 1. The van der Waals surface area contributed by atoms with E-state index in [0.717, 1.165) is 17.6 Å². The zero-order valence-electron chi connectivity index (χ0n) is 9.68. The van der Waals surface area contributed by atoms with Crippen molar-refractivity contribution in [3.63, 3.8) is 0 Å². The number of hydrogen-bond donors (Lipinski definition) is 2. The van der Waals surface area contributed by atoms with E-state index in [9.17, 15) is 0 Å². The SMILES string of the molecule is CCn1c(-c2nc(N)n[nH]2)nc2ccc(Cl)cc21. The molecule has 2 heterocycles. The third-order valence-electron chi connectivity index (χ3n) is 2.74. The molecule has 0 amide bonds. The highest BCUT2D eigenvalue weighted by atomic mass is 35.5. The van der Waals surface area contributed by atoms with E-state index >= 15 is 0 Å². The molecule has 0 fully saturated rings. The van der Waals surface area contributed by atoms with E-state index in [1.165, 1.54) is 0 Å². The number of aromatic nitrogens is 5. The van der Waals surface area contributed by atoms with Crippen LogP contribution in [0.15, 0.2) is 18.2 Å². The molecule has 0 saturated carbocycles. The maximum absolute atomic E-state index is 6.01. The van der Waals surface area contributed by atoms with Crippen molar-refractivity contribution >= 4 is 28.6 Å². The number of hydrogen-bond acceptors (Lipinski definition) is 4. The number of nitrogens with two attached hydrogens (primary N) is 1. The van der Waals surface area contributed by atoms with Crippen LogP contribution in [0.3, 0.4) is 0 Å². The highest BCUT2D eigenvalue weighted by Gasteiger charge is 2.14. The van der Waals surface area contributed by atoms with E-state index in [1.807, 2.05) is 29.7 Å². The number of benzene rings is 1. The Morgan fingerprint density at radius 1 is 1.39 bits per heavy atom. The van der Waals surface area contributed by atoms with Gasteiger partial charge in [-0.15, -0.1) is 5.10 Å². The molecule has 3 aromatic rings. The van der Waals surface area contributed by atoms with Gasteiger partial charge in [0.2, 0.25) is 5.95 Å². The van der Waals surface area contributed by atoms with Crippen LogP contribution >= 0.6 is 11.6 Å². The molecule has 0 bridgehead atoms. The second kappa shape index (κ2) is 3.99. The summed E-state index contributed by atoms with van der Waals surface area (Å²) >= 11 is 6.01. The van der Waals surface area contributed by atoms with E-state index < -0.39 is 0 Å². The number of nitrogens with one attached hydrogen (secondary N) is 1. The Hall–Kier alpha value is -2.08. The molecule has 0 saturated heterocycles. The van der Waals surface area contributed by atoms with Crippen LogP contribution in [0.2, 0.25) is 5.02 Å². The van der Waals surface area contributed by atoms with Gasteiger partial charge in [-0.3, -0.25) is 5.10 Å². The van der Waals surface area contributed by atoms with Crippen LogP contribution in [0.4, 0.5) is 5.95 Å². The summed E-state index contributed by atoms with van der Waals surface area (Å²) in [5.74, 6) is 1.47. The lowest BCUT2D eigenvalue weighted by Gasteiger charge is -2.02. The number of H-pyrrole nitrogens is 1. The van der Waals surface area contributed by atoms with Crippen molar-refractivity contribution in [2.24, 2.45) is 0 Å². The number of aromatic amines is 1. The van der Waals surface area contributed by atoms with Crippen molar-refractivity contribution < 1.29 is 0 Å². The zero-order chi connectivity index (χ0) is 12.7. The first-order valence-corrected chi connectivity index (χ1v) is 5.91. The van der Waals surface area contributed by atoms with Crippen LogP contribution in [0.1, 0.15) is 6.92 Å². The topological polar surface area (TPSA) is 85.4 Å². The van der Waals surface area contributed by atoms with Crippen molar-refractivity contribution in [1.29, 1.82) is 0 Å². The lowest BCUT2D eigenvalue weighted by Crippen LogP contribution is -1.98. The predicted octanol–water partition coefficient (Wildman–Crippen LogP) is 2.08. The molecule has 0 atom stereocenters. The van der Waals surface area contributed by atoms with Gasteiger partial charge in [0.25, 0.3) is 0 Å². The van der Waals surface area contributed by atoms with Crippen molar-refractivity contribution in [3.8, 4) is 11.6 Å². The Kier molecular flexibility index (Phi) is 2.45. The van der Waals surface area contributed by atoms with Gasteiger partial charge >= 0.3 is 0 Å². The molecule has 0 radical (unpaired) electrons. The molecular formula is C11H11ClN6. The Morgan fingerprint density at radius 2 is 2.22 bits per heavy atom. The molecule has 6 nitrogen and oxygen atoms in total. The van der Waals surface area contributed by atoms with Gasteiger partial charge in [0.15, 0.2) is 11.6 Å². The fraction of sp³-hybridized carbons (Fsp3) is 0.182. The lowest BCUT2D eigenvalue weighted by atomic mass is 10.3. The minimum absolute atomic E-state index is 0.206. The molecule has 0 unspecified atom stereocenters. The molecular weight excluding hydrogens is 252 g/mol. The van der Waals surface area contributed by atoms with E-state index in [2.05, 4.69) is 20.2 Å².